The first-order valence-electron chi connectivity index (χ1n) is 27.0. The fourth-order valence-corrected chi connectivity index (χ4v) is 13.6. The van der Waals surface area contributed by atoms with Crippen LogP contribution in [0.3, 0.4) is 0 Å². The van der Waals surface area contributed by atoms with Crippen LogP contribution in [0.4, 0.5) is 4.39 Å². The van der Waals surface area contributed by atoms with Gasteiger partial charge in [-0.05, 0) is 118 Å². The van der Waals surface area contributed by atoms with Crippen LogP contribution < -0.4 is 0 Å². The van der Waals surface area contributed by atoms with Crippen LogP contribution in [0.5, 0.6) is 0 Å². The quantitative estimate of drug-likeness (QED) is 0.153. The third-order valence-corrected chi connectivity index (χ3v) is 19.2. The second-order valence-corrected chi connectivity index (χ2v) is 25.4. The summed E-state index contributed by atoms with van der Waals surface area (Å²) in [6.07, 6.45) is -3.73. The van der Waals surface area contributed by atoms with E-state index in [0.29, 0.717) is 56.5 Å². The Balaban J connectivity index is 1.23. The van der Waals surface area contributed by atoms with Gasteiger partial charge >= 0.3 is 5.97 Å². The van der Waals surface area contributed by atoms with E-state index in [4.69, 9.17) is 33.2 Å². The van der Waals surface area contributed by atoms with E-state index in [2.05, 4.69) is 15.2 Å². The monoisotopic (exact) mass is 1080 g/mol. The Morgan fingerprint density at radius 2 is 1.61 bits per heavy atom. The number of carbonyl (C=O) groups excluding carboxylic acids is 1. The number of methoxy groups -OCH3 is 2. The molecule has 2 aromatic rings. The molecule has 428 valence electrons. The molecule has 1 aromatic carbocycles. The van der Waals surface area contributed by atoms with E-state index in [1.54, 1.807) is 65.1 Å². The number of sulfone groups is 1. The highest BCUT2D eigenvalue weighted by atomic mass is 32.2. The zero-order chi connectivity index (χ0) is 55.5. The van der Waals surface area contributed by atoms with Gasteiger partial charge in [0.1, 0.15) is 42.7 Å². The van der Waals surface area contributed by atoms with E-state index in [9.17, 15) is 38.0 Å². The highest BCUT2D eigenvalue weighted by Gasteiger charge is 2.52. The van der Waals surface area contributed by atoms with Crippen molar-refractivity contribution in [1.29, 1.82) is 0 Å². The number of likely N-dealkylation sites (N-methyl/N-ethyl adjacent to an activating group) is 2. The van der Waals surface area contributed by atoms with E-state index in [-0.39, 0.29) is 47.5 Å². The first-order chi connectivity index (χ1) is 35.1. The van der Waals surface area contributed by atoms with Gasteiger partial charge in [0, 0.05) is 70.8 Å². The van der Waals surface area contributed by atoms with Gasteiger partial charge in [-0.3, -0.25) is 4.79 Å². The second-order valence-electron chi connectivity index (χ2n) is 23.2. The Kier molecular flexibility index (Phi) is 20.6. The van der Waals surface area contributed by atoms with Gasteiger partial charge in [0.25, 0.3) is 0 Å². The number of esters is 1. The van der Waals surface area contributed by atoms with Crippen molar-refractivity contribution in [2.45, 2.75) is 227 Å². The fourth-order valence-electron chi connectivity index (χ4n) is 11.9. The number of nitrogens with zero attached hydrogens (tertiary/aromatic N) is 5. The maximum absolute atomic E-state index is 14.9. The smallest absolute Gasteiger partial charge is 0.311 e. The van der Waals surface area contributed by atoms with Crippen LogP contribution in [-0.4, -0.2) is 197 Å². The van der Waals surface area contributed by atoms with Crippen molar-refractivity contribution in [2.75, 3.05) is 48.1 Å². The summed E-state index contributed by atoms with van der Waals surface area (Å²) in [6.45, 7) is 18.0. The molecule has 0 unspecified atom stereocenters. The molecule has 0 amide bonds. The second kappa shape index (κ2) is 25.1. The predicted octanol–water partition coefficient (Wildman–Crippen LogP) is 4.97. The predicted molar refractivity (Wildman–Crippen MR) is 277 cm³/mol. The molecule has 0 bridgehead atoms. The summed E-state index contributed by atoms with van der Waals surface area (Å²) in [6, 6.07) is 4.97. The topological polar surface area (TPSA) is 234 Å². The molecule has 19 atom stereocenters. The van der Waals surface area contributed by atoms with Crippen LogP contribution >= 0.6 is 0 Å². The molecular formula is C54H90FN5O14S. The van der Waals surface area contributed by atoms with Crippen molar-refractivity contribution in [1.82, 2.24) is 24.8 Å². The molecule has 19 nitrogen and oxygen atoms in total. The molecule has 1 aromatic heterocycles. The van der Waals surface area contributed by atoms with E-state index >= 15 is 0 Å². The molecule has 3 aliphatic heterocycles. The average molecular weight is 1080 g/mol. The van der Waals surface area contributed by atoms with Gasteiger partial charge in [0.2, 0.25) is 0 Å². The lowest BCUT2D eigenvalue weighted by molar-refractivity contribution is -0.308. The number of ether oxygens (including phenoxy) is 7. The van der Waals surface area contributed by atoms with E-state index in [1.807, 2.05) is 46.7 Å². The first kappa shape index (κ1) is 61.4. The molecule has 6 rings (SSSR count). The molecule has 4 aliphatic rings. The van der Waals surface area contributed by atoms with E-state index in [0.717, 1.165) is 0 Å². The van der Waals surface area contributed by atoms with Crippen LogP contribution in [0.15, 0.2) is 35.4 Å². The van der Waals surface area contributed by atoms with Crippen molar-refractivity contribution in [3.8, 4) is 0 Å². The minimum absolute atomic E-state index is 0.0463. The number of halogens is 1. The fraction of sp³-hybridized carbons (Fsp3) is 0.833. The van der Waals surface area contributed by atoms with Crippen molar-refractivity contribution < 1.29 is 71.2 Å². The summed E-state index contributed by atoms with van der Waals surface area (Å²) < 4.78 is 86.4. The summed E-state index contributed by atoms with van der Waals surface area (Å²) in [5.74, 6) is -2.62. The van der Waals surface area contributed by atoms with Gasteiger partial charge in [-0.1, -0.05) is 38.1 Å². The number of aliphatic hydroxyl groups excluding tert-OH is 2. The van der Waals surface area contributed by atoms with Crippen molar-refractivity contribution in [3.05, 3.63) is 41.7 Å². The van der Waals surface area contributed by atoms with Gasteiger partial charge in [0.05, 0.1) is 57.4 Å². The van der Waals surface area contributed by atoms with Gasteiger partial charge in [-0.25, -0.2) is 17.5 Å². The zero-order valence-electron chi connectivity index (χ0n) is 46.9. The number of carbonyl (C=O) groups is 1. The largest absolute Gasteiger partial charge is 0.459 e. The van der Waals surface area contributed by atoms with Crippen molar-refractivity contribution in [3.63, 3.8) is 0 Å². The zero-order valence-corrected chi connectivity index (χ0v) is 47.7. The van der Waals surface area contributed by atoms with Crippen molar-refractivity contribution >= 4 is 15.8 Å². The summed E-state index contributed by atoms with van der Waals surface area (Å²) in [7, 11) is 3.46. The van der Waals surface area contributed by atoms with Gasteiger partial charge in [-0.2, -0.15) is 0 Å². The standard InChI is InChI=1S/C54H90FN5O14S/c1-15-43-54(10,65)48(61)35(6)59(12)29-31(2)26-52(8,64)50(33(4)46(34(5)51(63)72-43)73-45-27-53(9,69-14)49(62)36(7)71-45)74-44-25-39(24-32(3)70-44)58(11)23-22-38-30-60(57-56-38)42(28-55)47(68-13)37-16-18-40(19-17-37)75(66,67)41-20-21-41/h16-19,30-36,39,41-50,61-62,64-65H,15,20-29H2,1-14H3/t31-,32-,33+,34-,35-,36+,39+,42-,43-,44+,45+,46+,47-,48-,49+,50-,52-,53-,54-/m1/s1. The number of hydrogen-bond acceptors (Lipinski definition) is 18. The lowest BCUT2D eigenvalue weighted by atomic mass is 9.77. The lowest BCUT2D eigenvalue weighted by Gasteiger charge is -2.48. The molecule has 1 saturated carbocycles. The third-order valence-electron chi connectivity index (χ3n) is 16.9. The summed E-state index contributed by atoms with van der Waals surface area (Å²) in [4.78, 5) is 18.9. The Labute approximate surface area is 444 Å². The molecule has 3 saturated heterocycles. The van der Waals surface area contributed by atoms with Gasteiger partial charge in [0.15, 0.2) is 22.4 Å². The molecule has 4 fully saturated rings. The molecular weight excluding hydrogens is 994 g/mol. The summed E-state index contributed by atoms with van der Waals surface area (Å²) >= 11 is 0. The van der Waals surface area contributed by atoms with Crippen LogP contribution in [0.2, 0.25) is 0 Å². The molecule has 0 spiro atoms. The minimum Gasteiger partial charge on any atom is -0.459 e. The number of rotatable bonds is 17. The minimum atomic E-state index is -3.38. The van der Waals surface area contributed by atoms with E-state index < -0.39 is 119 Å². The Hall–Kier alpha value is -2.77. The number of aromatic nitrogens is 3. The highest BCUT2D eigenvalue weighted by molar-refractivity contribution is 7.92. The average Bonchev–Trinajstić information content (AvgIpc) is 4.13. The molecule has 4 heterocycles. The SMILES string of the molecule is CC[C@H]1OC(=O)[C@H](C)[C@@H](O[C@H]2C[C@@](C)(OC)[C@@H](O)[C@H](C)O2)[C@H](C)[C@@H](O[C@H]2C[C@@H](N(C)CCc3cn([C@H](CF)[C@H](OC)c4ccc(S(=O)(=O)C5CC5)cc4)nn3)C[C@@H](C)O2)[C@](C)(O)C[C@@H](C)CN(C)[C@H](C)[C@@H](O)[C@]1(C)O. The maximum atomic E-state index is 14.9. The van der Waals surface area contributed by atoms with Gasteiger partial charge in [-0.15, -0.1) is 5.10 Å². The Morgan fingerprint density at radius 1 is 0.947 bits per heavy atom. The summed E-state index contributed by atoms with van der Waals surface area (Å²) in [5.41, 5.74) is -3.18. The maximum Gasteiger partial charge on any atom is 0.311 e. The normalized spacial score (nSPS) is 39.1. The Morgan fingerprint density at radius 3 is 2.21 bits per heavy atom. The Bertz CT molecular complexity index is 2260. The van der Waals surface area contributed by atoms with E-state index in [1.165, 1.54) is 25.8 Å². The summed E-state index contributed by atoms with van der Waals surface area (Å²) in [5, 5.41) is 55.9. The van der Waals surface area contributed by atoms with Crippen LogP contribution in [0.1, 0.15) is 138 Å². The van der Waals surface area contributed by atoms with Gasteiger partial charge < -0.3 is 63.4 Å². The number of hydrogen-bond donors (Lipinski definition) is 4. The number of benzene rings is 1. The highest BCUT2D eigenvalue weighted by Crippen LogP contribution is 2.41. The number of aliphatic hydroxyl groups is 4. The molecule has 0 radical (unpaired) electrons. The number of cyclic esters (lactones) is 1. The number of alkyl halides is 1. The van der Waals surface area contributed by atoms with Crippen molar-refractivity contribution in [2.24, 2.45) is 17.8 Å². The molecule has 21 heteroatoms. The molecule has 75 heavy (non-hydrogen) atoms. The first-order valence-corrected chi connectivity index (χ1v) is 28.6. The molecule has 1 aliphatic carbocycles. The van der Waals surface area contributed by atoms with Crippen LogP contribution in [-0.2, 0) is 54.2 Å². The van der Waals surface area contributed by atoms with Crippen LogP contribution in [0, 0.1) is 17.8 Å². The lowest BCUT2D eigenvalue weighted by Crippen LogP contribution is -2.59. The van der Waals surface area contributed by atoms with Crippen LogP contribution in [0.25, 0.3) is 0 Å². The third kappa shape index (κ3) is 14.2. The molecule has 4 N–H and O–H groups in total.